The molecule has 0 heteroatoms. The maximum atomic E-state index is 3.04. The SMILES string of the molecule is CCC(C)C1=CC#CCC=C1. The van der Waals surface area contributed by atoms with E-state index in [-0.39, 0.29) is 0 Å². The lowest BCUT2D eigenvalue weighted by Gasteiger charge is -2.07. The van der Waals surface area contributed by atoms with E-state index in [1.54, 1.807) is 0 Å². The van der Waals surface area contributed by atoms with E-state index >= 15 is 0 Å². The van der Waals surface area contributed by atoms with Gasteiger partial charge in [-0.1, -0.05) is 37.8 Å². The maximum absolute atomic E-state index is 3.04. The highest BCUT2D eigenvalue weighted by molar-refractivity contribution is 5.33. The van der Waals surface area contributed by atoms with Crippen molar-refractivity contribution < 1.29 is 0 Å². The van der Waals surface area contributed by atoms with Crippen molar-refractivity contribution in [2.24, 2.45) is 5.92 Å². The van der Waals surface area contributed by atoms with Crippen LogP contribution in [0.3, 0.4) is 0 Å². The topological polar surface area (TPSA) is 0 Å². The van der Waals surface area contributed by atoms with Crippen molar-refractivity contribution in [3.63, 3.8) is 0 Å². The molecule has 0 spiro atoms. The van der Waals surface area contributed by atoms with Crippen molar-refractivity contribution in [3.05, 3.63) is 23.8 Å². The van der Waals surface area contributed by atoms with Crippen LogP contribution in [-0.4, -0.2) is 0 Å². The van der Waals surface area contributed by atoms with Gasteiger partial charge in [0.15, 0.2) is 0 Å². The van der Waals surface area contributed by atoms with Gasteiger partial charge in [-0.05, 0) is 24.0 Å². The molecule has 0 amide bonds. The number of rotatable bonds is 2. The van der Waals surface area contributed by atoms with Crippen molar-refractivity contribution in [3.8, 4) is 11.8 Å². The second-order valence-electron chi connectivity index (χ2n) is 2.88. The molecule has 0 fully saturated rings. The van der Waals surface area contributed by atoms with Crippen LogP contribution in [0.2, 0.25) is 0 Å². The van der Waals surface area contributed by atoms with E-state index < -0.39 is 0 Å². The summed E-state index contributed by atoms with van der Waals surface area (Å²) in [5.74, 6) is 6.73. The molecule has 1 aliphatic carbocycles. The van der Waals surface area contributed by atoms with E-state index in [2.05, 4.69) is 37.8 Å². The van der Waals surface area contributed by atoms with Crippen molar-refractivity contribution in [2.75, 3.05) is 0 Å². The molecule has 1 unspecified atom stereocenters. The summed E-state index contributed by atoms with van der Waals surface area (Å²) in [6, 6.07) is 0. The molecule has 0 aliphatic heterocycles. The first kappa shape index (κ1) is 8.14. The zero-order valence-electron chi connectivity index (χ0n) is 7.22. The van der Waals surface area contributed by atoms with E-state index in [0.717, 1.165) is 6.42 Å². The van der Waals surface area contributed by atoms with Gasteiger partial charge < -0.3 is 0 Å². The molecule has 0 nitrogen and oxygen atoms in total. The minimum absolute atomic E-state index is 0.652. The first-order chi connectivity index (χ1) is 5.34. The molecule has 1 aliphatic rings. The Morgan fingerprint density at radius 3 is 3.18 bits per heavy atom. The predicted molar refractivity (Wildman–Crippen MR) is 49.1 cm³/mol. The largest absolute Gasteiger partial charge is 0.0943 e. The minimum atomic E-state index is 0.652. The molecule has 0 saturated heterocycles. The molecule has 11 heavy (non-hydrogen) atoms. The van der Waals surface area contributed by atoms with Gasteiger partial charge in [0.25, 0.3) is 0 Å². The lowest BCUT2D eigenvalue weighted by atomic mass is 9.98. The molecular formula is C11H14. The summed E-state index contributed by atoms with van der Waals surface area (Å²) in [7, 11) is 0. The highest BCUT2D eigenvalue weighted by Crippen LogP contribution is 2.16. The molecule has 0 aromatic carbocycles. The third-order valence-corrected chi connectivity index (χ3v) is 2.05. The summed E-state index contributed by atoms with van der Waals surface area (Å²) in [5, 5.41) is 0. The second-order valence-corrected chi connectivity index (χ2v) is 2.88. The third kappa shape index (κ3) is 2.27. The second kappa shape index (κ2) is 4.03. The van der Waals surface area contributed by atoms with Gasteiger partial charge in [-0.3, -0.25) is 0 Å². The van der Waals surface area contributed by atoms with Crippen LogP contribution in [0.5, 0.6) is 0 Å². The maximum Gasteiger partial charge on any atom is 0.0276 e. The molecule has 1 atom stereocenters. The van der Waals surface area contributed by atoms with Gasteiger partial charge in [0.1, 0.15) is 0 Å². The van der Waals surface area contributed by atoms with Gasteiger partial charge in [0, 0.05) is 6.42 Å². The van der Waals surface area contributed by atoms with Crippen LogP contribution in [0.15, 0.2) is 23.8 Å². The first-order valence-electron chi connectivity index (χ1n) is 4.19. The highest BCUT2D eigenvalue weighted by Gasteiger charge is 2.02. The molecule has 58 valence electrons. The fourth-order valence-corrected chi connectivity index (χ4v) is 1.04. The minimum Gasteiger partial charge on any atom is -0.0943 e. The molecular weight excluding hydrogens is 132 g/mol. The standard InChI is InChI=1S/C11H14/c1-3-10(2)11-8-6-4-5-7-9-11/h6,8-10H,3-4H2,1-2H3. The van der Waals surface area contributed by atoms with Crippen LogP contribution in [-0.2, 0) is 0 Å². The number of allylic oxidation sites excluding steroid dienone is 4. The van der Waals surface area contributed by atoms with Crippen LogP contribution in [0.4, 0.5) is 0 Å². The van der Waals surface area contributed by atoms with Crippen LogP contribution in [0.25, 0.3) is 0 Å². The van der Waals surface area contributed by atoms with Gasteiger partial charge >= 0.3 is 0 Å². The molecule has 0 radical (unpaired) electrons. The van der Waals surface area contributed by atoms with Gasteiger partial charge in [-0.15, -0.1) is 0 Å². The lowest BCUT2D eigenvalue weighted by molar-refractivity contribution is 0.671. The highest BCUT2D eigenvalue weighted by atomic mass is 14.1. The summed E-state index contributed by atoms with van der Waals surface area (Å²) in [4.78, 5) is 0. The lowest BCUT2D eigenvalue weighted by Crippen LogP contribution is -1.93. The molecule has 1 rings (SSSR count). The van der Waals surface area contributed by atoms with Gasteiger partial charge in [-0.2, -0.15) is 0 Å². The van der Waals surface area contributed by atoms with Crippen LogP contribution < -0.4 is 0 Å². The quantitative estimate of drug-likeness (QED) is 0.525. The molecule has 0 saturated carbocycles. The average molecular weight is 146 g/mol. The van der Waals surface area contributed by atoms with E-state index in [4.69, 9.17) is 0 Å². The molecule has 0 aromatic heterocycles. The summed E-state index contributed by atoms with van der Waals surface area (Å²) in [5.41, 5.74) is 1.37. The summed E-state index contributed by atoms with van der Waals surface area (Å²) >= 11 is 0. The zero-order valence-corrected chi connectivity index (χ0v) is 7.22. The van der Waals surface area contributed by atoms with Crippen molar-refractivity contribution in [1.82, 2.24) is 0 Å². The summed E-state index contributed by atoms with van der Waals surface area (Å²) < 4.78 is 0. The number of hydrogen-bond donors (Lipinski definition) is 0. The molecule has 0 N–H and O–H groups in total. The zero-order chi connectivity index (χ0) is 8.10. The Hall–Kier alpha value is -0.960. The Balaban J connectivity index is 2.72. The monoisotopic (exact) mass is 146 g/mol. The van der Waals surface area contributed by atoms with Crippen LogP contribution in [0.1, 0.15) is 26.7 Å². The Labute approximate surface area is 69.0 Å². The van der Waals surface area contributed by atoms with Crippen molar-refractivity contribution >= 4 is 0 Å². The molecule has 0 bridgehead atoms. The van der Waals surface area contributed by atoms with Crippen LogP contribution in [0, 0.1) is 17.8 Å². The van der Waals surface area contributed by atoms with E-state index in [0.29, 0.717) is 5.92 Å². The third-order valence-electron chi connectivity index (χ3n) is 2.05. The first-order valence-corrected chi connectivity index (χ1v) is 4.19. The fourth-order valence-electron chi connectivity index (χ4n) is 1.04. The van der Waals surface area contributed by atoms with E-state index in [1.807, 2.05) is 6.08 Å². The van der Waals surface area contributed by atoms with Crippen LogP contribution >= 0.6 is 0 Å². The Morgan fingerprint density at radius 1 is 1.64 bits per heavy atom. The Kier molecular flexibility index (Phi) is 2.98. The molecule has 0 aromatic rings. The normalized spacial score (nSPS) is 17.8. The Morgan fingerprint density at radius 2 is 2.45 bits per heavy atom. The van der Waals surface area contributed by atoms with E-state index in [1.165, 1.54) is 12.0 Å². The smallest absolute Gasteiger partial charge is 0.0276 e. The molecule has 0 heterocycles. The Bertz CT molecular complexity index is 232. The van der Waals surface area contributed by atoms with E-state index in [9.17, 15) is 0 Å². The summed E-state index contributed by atoms with van der Waals surface area (Å²) in [6.45, 7) is 4.45. The van der Waals surface area contributed by atoms with Crippen molar-refractivity contribution in [2.45, 2.75) is 26.7 Å². The van der Waals surface area contributed by atoms with Gasteiger partial charge in [-0.25, -0.2) is 0 Å². The summed E-state index contributed by atoms with van der Waals surface area (Å²) in [6.07, 6.45) is 8.45. The fraction of sp³-hybridized carbons (Fsp3) is 0.455. The van der Waals surface area contributed by atoms with Gasteiger partial charge in [0.05, 0.1) is 0 Å². The van der Waals surface area contributed by atoms with Gasteiger partial charge in [0.2, 0.25) is 0 Å². The predicted octanol–water partition coefficient (Wildman–Crippen LogP) is 2.92. The average Bonchev–Trinajstić information content (AvgIpc) is 2.30. The van der Waals surface area contributed by atoms with Crippen molar-refractivity contribution in [1.29, 1.82) is 0 Å². The number of hydrogen-bond acceptors (Lipinski definition) is 0.